The number of amides is 1. The van der Waals surface area contributed by atoms with E-state index in [2.05, 4.69) is 10.1 Å². The van der Waals surface area contributed by atoms with Crippen LogP contribution in [-0.2, 0) is 4.79 Å². The van der Waals surface area contributed by atoms with Crippen molar-refractivity contribution in [2.75, 3.05) is 5.32 Å². The maximum absolute atomic E-state index is 12.0. The Morgan fingerprint density at radius 3 is 2.60 bits per heavy atom. The lowest BCUT2D eigenvalue weighted by Crippen LogP contribution is -2.07. The third kappa shape index (κ3) is 4.47. The fourth-order valence-electron chi connectivity index (χ4n) is 1.45. The van der Waals surface area contributed by atoms with Gasteiger partial charge in [0.05, 0.1) is 0 Å². The summed E-state index contributed by atoms with van der Waals surface area (Å²) in [6.07, 6.45) is 3.11. The molecule has 1 aromatic carbocycles. The number of thiophene rings is 1. The van der Waals surface area contributed by atoms with E-state index in [0.717, 1.165) is 4.88 Å². The first-order chi connectivity index (χ1) is 9.63. The number of ether oxygens (including phenoxy) is 1. The summed E-state index contributed by atoms with van der Waals surface area (Å²) >= 11 is 1.52. The van der Waals surface area contributed by atoms with E-state index in [1.54, 1.807) is 6.08 Å². The van der Waals surface area contributed by atoms with E-state index in [0.29, 0.717) is 5.69 Å². The van der Waals surface area contributed by atoms with Crippen molar-refractivity contribution in [3.05, 3.63) is 52.7 Å². The quantitative estimate of drug-likeness (QED) is 0.847. The monoisotopic (exact) mass is 295 g/mol. The number of rotatable bonds is 5. The highest BCUT2D eigenvalue weighted by molar-refractivity contribution is 7.10. The average Bonchev–Trinajstić information content (AvgIpc) is 2.91. The van der Waals surface area contributed by atoms with Crippen molar-refractivity contribution in [3.8, 4) is 5.75 Å². The molecule has 0 aliphatic rings. The number of alkyl halides is 2. The van der Waals surface area contributed by atoms with Crippen LogP contribution >= 0.6 is 11.3 Å². The molecular weight excluding hydrogens is 284 g/mol. The Morgan fingerprint density at radius 1 is 1.25 bits per heavy atom. The number of carbonyl (C=O) groups excluding carboxylic acids is 1. The highest BCUT2D eigenvalue weighted by Gasteiger charge is 2.04. The van der Waals surface area contributed by atoms with Crippen molar-refractivity contribution in [1.82, 2.24) is 0 Å². The predicted octanol–water partition coefficient (Wildman–Crippen LogP) is 4.00. The topological polar surface area (TPSA) is 38.3 Å². The van der Waals surface area contributed by atoms with Crippen molar-refractivity contribution in [2.24, 2.45) is 0 Å². The summed E-state index contributed by atoms with van der Waals surface area (Å²) < 4.78 is 28.1. The van der Waals surface area contributed by atoms with E-state index in [1.807, 2.05) is 17.5 Å². The molecule has 0 atom stereocenters. The summed E-state index contributed by atoms with van der Waals surface area (Å²) in [4.78, 5) is 12.6. The average molecular weight is 295 g/mol. The van der Waals surface area contributed by atoms with Gasteiger partial charge in [0, 0.05) is 16.6 Å². The van der Waals surface area contributed by atoms with Crippen molar-refractivity contribution in [3.63, 3.8) is 0 Å². The van der Waals surface area contributed by atoms with Crippen LogP contribution in [0, 0.1) is 0 Å². The molecular formula is C14H11F2NO2S. The van der Waals surface area contributed by atoms with Crippen molar-refractivity contribution >= 4 is 29.0 Å². The Labute approximate surface area is 118 Å². The summed E-state index contributed by atoms with van der Waals surface area (Å²) in [5.41, 5.74) is 0.507. The summed E-state index contributed by atoms with van der Waals surface area (Å²) in [5, 5.41) is 4.54. The smallest absolute Gasteiger partial charge is 0.387 e. The van der Waals surface area contributed by atoms with Crippen LogP contribution in [0.3, 0.4) is 0 Å². The lowest BCUT2D eigenvalue weighted by atomic mass is 10.3. The molecule has 0 spiro atoms. The molecule has 1 heterocycles. The molecule has 3 nitrogen and oxygen atoms in total. The second-order valence-corrected chi connectivity index (χ2v) is 4.72. The number of carbonyl (C=O) groups is 1. The number of halogens is 2. The number of hydrogen-bond donors (Lipinski definition) is 1. The molecule has 0 aliphatic heterocycles. The van der Waals surface area contributed by atoms with E-state index in [1.165, 1.54) is 41.7 Å². The maximum Gasteiger partial charge on any atom is 0.387 e. The fraction of sp³-hybridized carbons (Fsp3) is 0.0714. The van der Waals surface area contributed by atoms with Gasteiger partial charge in [-0.3, -0.25) is 4.79 Å². The number of anilines is 1. The standard InChI is InChI=1S/C14H11F2NO2S/c15-14(16)19-11-5-3-10(4-6-11)17-13(18)8-7-12-2-1-9-20-12/h1-9,14H,(H,17,18)/b8-7+. The molecule has 0 radical (unpaired) electrons. The largest absolute Gasteiger partial charge is 0.435 e. The first kappa shape index (κ1) is 14.2. The third-order valence-corrected chi connectivity index (χ3v) is 3.13. The molecule has 2 rings (SSSR count). The van der Waals surface area contributed by atoms with Gasteiger partial charge in [-0.1, -0.05) is 6.07 Å². The Hall–Kier alpha value is -2.21. The van der Waals surface area contributed by atoms with E-state index in [9.17, 15) is 13.6 Å². The lowest BCUT2D eigenvalue weighted by molar-refractivity contribution is -0.111. The number of nitrogens with one attached hydrogen (secondary N) is 1. The summed E-state index contributed by atoms with van der Waals surface area (Å²) in [6.45, 7) is -2.86. The second-order valence-electron chi connectivity index (χ2n) is 3.74. The van der Waals surface area contributed by atoms with Crippen LogP contribution in [-0.4, -0.2) is 12.5 Å². The Morgan fingerprint density at radius 2 is 2.00 bits per heavy atom. The maximum atomic E-state index is 12.0. The second kappa shape index (κ2) is 6.81. The predicted molar refractivity (Wildman–Crippen MR) is 75.1 cm³/mol. The minimum atomic E-state index is -2.86. The summed E-state index contributed by atoms with van der Waals surface area (Å²) in [5.74, 6) is -0.243. The SMILES string of the molecule is O=C(/C=C/c1cccs1)Nc1ccc(OC(F)F)cc1. The Bertz CT molecular complexity index is 580. The van der Waals surface area contributed by atoms with Crippen molar-refractivity contribution < 1.29 is 18.3 Å². The molecule has 0 saturated heterocycles. The van der Waals surface area contributed by atoms with Crippen LogP contribution in [0.15, 0.2) is 47.9 Å². The molecule has 2 aromatic rings. The van der Waals surface area contributed by atoms with Gasteiger partial charge in [0.25, 0.3) is 0 Å². The van der Waals surface area contributed by atoms with Gasteiger partial charge in [-0.2, -0.15) is 8.78 Å². The van der Waals surface area contributed by atoms with Crippen molar-refractivity contribution in [2.45, 2.75) is 6.61 Å². The zero-order chi connectivity index (χ0) is 14.4. The molecule has 20 heavy (non-hydrogen) atoms. The summed E-state index contributed by atoms with van der Waals surface area (Å²) in [6, 6.07) is 9.51. The van der Waals surface area contributed by atoms with Crippen LogP contribution in [0.25, 0.3) is 6.08 Å². The molecule has 0 unspecified atom stereocenters. The van der Waals surface area contributed by atoms with Crippen molar-refractivity contribution in [1.29, 1.82) is 0 Å². The molecule has 0 aliphatic carbocycles. The van der Waals surface area contributed by atoms with Gasteiger partial charge in [0.2, 0.25) is 5.91 Å². The molecule has 104 valence electrons. The van der Waals surface area contributed by atoms with Crippen LogP contribution in [0.4, 0.5) is 14.5 Å². The van der Waals surface area contributed by atoms with Crippen LogP contribution in [0.5, 0.6) is 5.75 Å². The van der Waals surface area contributed by atoms with Gasteiger partial charge < -0.3 is 10.1 Å². The van der Waals surface area contributed by atoms with Gasteiger partial charge in [-0.25, -0.2) is 0 Å². The molecule has 0 fully saturated rings. The molecule has 0 bridgehead atoms. The van der Waals surface area contributed by atoms with E-state index in [-0.39, 0.29) is 11.7 Å². The molecule has 6 heteroatoms. The van der Waals surface area contributed by atoms with Crippen LogP contribution < -0.4 is 10.1 Å². The Kier molecular flexibility index (Phi) is 4.84. The highest BCUT2D eigenvalue weighted by atomic mass is 32.1. The van der Waals surface area contributed by atoms with E-state index < -0.39 is 6.61 Å². The third-order valence-electron chi connectivity index (χ3n) is 2.29. The molecule has 1 aromatic heterocycles. The van der Waals surface area contributed by atoms with Crippen LogP contribution in [0.1, 0.15) is 4.88 Å². The molecule has 1 amide bonds. The Balaban J connectivity index is 1.91. The van der Waals surface area contributed by atoms with Crippen LogP contribution in [0.2, 0.25) is 0 Å². The number of hydrogen-bond acceptors (Lipinski definition) is 3. The zero-order valence-electron chi connectivity index (χ0n) is 10.3. The fourth-order valence-corrected chi connectivity index (χ4v) is 2.07. The highest BCUT2D eigenvalue weighted by Crippen LogP contribution is 2.17. The number of benzene rings is 1. The van der Waals surface area contributed by atoms with Gasteiger partial charge in [0.15, 0.2) is 0 Å². The normalized spacial score (nSPS) is 10.9. The summed E-state index contributed by atoms with van der Waals surface area (Å²) in [7, 11) is 0. The van der Waals surface area contributed by atoms with Gasteiger partial charge in [-0.05, 0) is 41.8 Å². The minimum Gasteiger partial charge on any atom is -0.435 e. The van der Waals surface area contributed by atoms with Gasteiger partial charge in [0.1, 0.15) is 5.75 Å². The first-order valence-electron chi connectivity index (χ1n) is 5.71. The minimum absolute atomic E-state index is 0.0483. The lowest BCUT2D eigenvalue weighted by Gasteiger charge is -2.06. The van der Waals surface area contributed by atoms with Gasteiger partial charge >= 0.3 is 6.61 Å². The van der Waals surface area contributed by atoms with Gasteiger partial charge in [-0.15, -0.1) is 11.3 Å². The first-order valence-corrected chi connectivity index (χ1v) is 6.59. The zero-order valence-corrected chi connectivity index (χ0v) is 11.1. The molecule has 0 saturated carbocycles. The van der Waals surface area contributed by atoms with E-state index in [4.69, 9.17) is 0 Å². The van der Waals surface area contributed by atoms with E-state index >= 15 is 0 Å². The molecule has 1 N–H and O–H groups in total.